The summed E-state index contributed by atoms with van der Waals surface area (Å²) in [6, 6.07) is 0.748. The Morgan fingerprint density at radius 1 is 1.43 bits per heavy atom. The number of thiocarbonyl (C=S) groups is 1. The van der Waals surface area contributed by atoms with Crippen LogP contribution in [-0.2, 0) is 9.47 Å². The monoisotopic (exact) mass is 317 g/mol. The summed E-state index contributed by atoms with van der Waals surface area (Å²) in [5, 5.41) is 38.8. The van der Waals surface area contributed by atoms with E-state index in [0.717, 1.165) is 0 Å². The fourth-order valence-electron chi connectivity index (χ4n) is 2.79. The molecule has 21 heavy (non-hydrogen) atoms. The predicted octanol–water partition coefficient (Wildman–Crippen LogP) is -2.65. The summed E-state index contributed by atoms with van der Waals surface area (Å²) in [6.07, 6.45) is -4.35. The molecule has 0 spiro atoms. The van der Waals surface area contributed by atoms with Crippen LogP contribution in [0.4, 0.5) is 0 Å². The first-order valence-electron chi connectivity index (χ1n) is 6.66. The molecule has 9 heteroatoms. The maximum Gasteiger partial charge on any atom is 0.126 e. The summed E-state index contributed by atoms with van der Waals surface area (Å²) in [6.45, 7) is 0.516. The van der Waals surface area contributed by atoms with Crippen LogP contribution in [0.5, 0.6) is 0 Å². The Hall–Kier alpha value is -0.860. The molecule has 2 fully saturated rings. The minimum Gasteiger partial charge on any atom is -0.394 e. The first-order chi connectivity index (χ1) is 10.0. The van der Waals surface area contributed by atoms with Crippen molar-refractivity contribution in [1.82, 2.24) is 4.90 Å². The van der Waals surface area contributed by atoms with Crippen molar-refractivity contribution in [3.8, 4) is 6.07 Å². The van der Waals surface area contributed by atoms with Gasteiger partial charge in [0, 0.05) is 6.54 Å². The molecule has 2 aliphatic rings. The Balaban J connectivity index is 2.28. The van der Waals surface area contributed by atoms with Gasteiger partial charge in [0.1, 0.15) is 35.4 Å². The molecule has 2 aliphatic heterocycles. The van der Waals surface area contributed by atoms with Crippen molar-refractivity contribution in [2.45, 2.75) is 36.5 Å². The van der Waals surface area contributed by atoms with Gasteiger partial charge in [0.2, 0.25) is 0 Å². The van der Waals surface area contributed by atoms with E-state index >= 15 is 0 Å². The molecule has 1 unspecified atom stereocenters. The van der Waals surface area contributed by atoms with Crippen LogP contribution in [0.2, 0.25) is 0 Å². The fourth-order valence-corrected chi connectivity index (χ4v) is 2.99. The summed E-state index contributed by atoms with van der Waals surface area (Å²) in [5.41, 5.74) is 5.67. The Kier molecular flexibility index (Phi) is 5.45. The molecule has 8 nitrogen and oxygen atoms in total. The maximum absolute atomic E-state index is 10.4. The highest BCUT2D eigenvalue weighted by Gasteiger charge is 2.49. The van der Waals surface area contributed by atoms with Gasteiger partial charge in [0.15, 0.2) is 0 Å². The van der Waals surface area contributed by atoms with E-state index in [4.69, 9.17) is 27.4 Å². The van der Waals surface area contributed by atoms with Gasteiger partial charge in [0.25, 0.3) is 0 Å². The summed E-state index contributed by atoms with van der Waals surface area (Å²) < 4.78 is 10.8. The van der Waals surface area contributed by atoms with Crippen LogP contribution < -0.4 is 5.73 Å². The number of rotatable bonds is 3. The number of aliphatic hydroxyl groups excluding tert-OH is 3. The number of hydrogen-bond acceptors (Lipinski definition) is 8. The van der Waals surface area contributed by atoms with Crippen LogP contribution in [0.3, 0.4) is 0 Å². The molecule has 0 saturated carbocycles. The largest absolute Gasteiger partial charge is 0.394 e. The highest BCUT2D eigenvalue weighted by molar-refractivity contribution is 7.80. The van der Waals surface area contributed by atoms with Crippen LogP contribution in [-0.4, -0.2) is 88.1 Å². The lowest BCUT2D eigenvalue weighted by Gasteiger charge is -2.48. The van der Waals surface area contributed by atoms with Crippen molar-refractivity contribution in [3.63, 3.8) is 0 Å². The van der Waals surface area contributed by atoms with Crippen molar-refractivity contribution in [2.75, 3.05) is 26.4 Å². The average Bonchev–Trinajstić information content (AvgIpc) is 2.49. The van der Waals surface area contributed by atoms with E-state index in [2.05, 4.69) is 6.07 Å². The Morgan fingerprint density at radius 3 is 2.71 bits per heavy atom. The second-order valence-electron chi connectivity index (χ2n) is 5.11. The molecule has 0 aliphatic carbocycles. The molecule has 118 valence electrons. The van der Waals surface area contributed by atoms with E-state index in [1.54, 1.807) is 4.90 Å². The number of nitrogens with two attached hydrogens (primary N) is 1. The molecule has 0 aromatic heterocycles. The number of nitrogens with zero attached hydrogens (tertiary/aromatic N) is 2. The smallest absolute Gasteiger partial charge is 0.126 e. The van der Waals surface area contributed by atoms with Crippen LogP contribution in [0, 0.1) is 11.3 Å². The van der Waals surface area contributed by atoms with E-state index < -0.39 is 43.1 Å². The molecule has 5 N–H and O–H groups in total. The third-order valence-electron chi connectivity index (χ3n) is 3.87. The van der Waals surface area contributed by atoms with Crippen molar-refractivity contribution >= 4 is 17.2 Å². The van der Waals surface area contributed by atoms with E-state index in [1.807, 2.05) is 0 Å². The maximum atomic E-state index is 10.4. The molecule has 2 saturated heterocycles. The van der Waals surface area contributed by atoms with Gasteiger partial charge in [-0.3, -0.25) is 4.90 Å². The zero-order valence-corrected chi connectivity index (χ0v) is 12.1. The van der Waals surface area contributed by atoms with Crippen molar-refractivity contribution in [3.05, 3.63) is 0 Å². The molecule has 0 aromatic carbocycles. The van der Waals surface area contributed by atoms with Gasteiger partial charge in [-0.05, 0) is 0 Å². The van der Waals surface area contributed by atoms with Crippen LogP contribution in [0.1, 0.15) is 0 Å². The van der Waals surface area contributed by atoms with Gasteiger partial charge in [-0.2, -0.15) is 5.26 Å². The van der Waals surface area contributed by atoms with Crippen LogP contribution in [0.15, 0.2) is 0 Å². The molecule has 0 aromatic rings. The average molecular weight is 317 g/mol. The molecule has 6 atom stereocenters. The van der Waals surface area contributed by atoms with Gasteiger partial charge >= 0.3 is 0 Å². The number of aliphatic hydroxyl groups is 3. The standard InChI is InChI=1S/C12H19N3O5S/c13-3-6-5-19-2-1-15(6)8-10(18)9(17)7(4-16)20-11(8)12(14)21/h6-11,16-18H,1-2,4-5H2,(H2,14,21)/t6?,7-,8-,9-,10-,11+/m1/s1. The second-order valence-corrected chi connectivity index (χ2v) is 5.58. The highest BCUT2D eigenvalue weighted by Crippen LogP contribution is 2.28. The molecule has 0 amide bonds. The summed E-state index contributed by atoms with van der Waals surface area (Å²) in [7, 11) is 0. The highest BCUT2D eigenvalue weighted by atomic mass is 32.1. The molecular formula is C12H19N3O5S. The molecule has 2 heterocycles. The van der Waals surface area contributed by atoms with Gasteiger partial charge < -0.3 is 30.5 Å². The summed E-state index contributed by atoms with van der Waals surface area (Å²) >= 11 is 4.97. The fraction of sp³-hybridized carbons (Fsp3) is 0.833. The Morgan fingerprint density at radius 2 is 2.14 bits per heavy atom. The topological polar surface area (TPSA) is 132 Å². The normalized spacial score (nSPS) is 41.4. The van der Waals surface area contributed by atoms with Crippen LogP contribution in [0.25, 0.3) is 0 Å². The third kappa shape index (κ3) is 3.17. The first-order valence-corrected chi connectivity index (χ1v) is 7.07. The quantitative estimate of drug-likeness (QED) is 0.412. The Bertz CT molecular complexity index is 432. The summed E-state index contributed by atoms with van der Waals surface area (Å²) in [5.74, 6) is 0. The molecule has 2 rings (SSSR count). The van der Waals surface area contributed by atoms with E-state index in [-0.39, 0.29) is 11.6 Å². The van der Waals surface area contributed by atoms with E-state index in [1.165, 1.54) is 0 Å². The van der Waals surface area contributed by atoms with Crippen molar-refractivity contribution in [1.29, 1.82) is 5.26 Å². The lowest BCUT2D eigenvalue weighted by atomic mass is 9.90. The SMILES string of the molecule is N#CC1COCCN1[C@@H]1[C@@H](O)[C@H](O)[C@@H](CO)O[C@@H]1C(N)=S. The number of morpholine rings is 1. The van der Waals surface area contributed by atoms with Crippen LogP contribution >= 0.6 is 12.2 Å². The zero-order valence-electron chi connectivity index (χ0n) is 11.3. The lowest BCUT2D eigenvalue weighted by Crippen LogP contribution is -2.69. The third-order valence-corrected chi connectivity index (χ3v) is 4.11. The van der Waals surface area contributed by atoms with Gasteiger partial charge in [-0.15, -0.1) is 0 Å². The van der Waals surface area contributed by atoms with Gasteiger partial charge in [0.05, 0.1) is 31.9 Å². The molecular weight excluding hydrogens is 298 g/mol. The minimum absolute atomic E-state index is 0.00702. The number of ether oxygens (including phenoxy) is 2. The van der Waals surface area contributed by atoms with Crippen molar-refractivity contribution in [2.24, 2.45) is 5.73 Å². The van der Waals surface area contributed by atoms with Gasteiger partial charge in [-0.25, -0.2) is 0 Å². The van der Waals surface area contributed by atoms with Crippen molar-refractivity contribution < 1.29 is 24.8 Å². The van der Waals surface area contributed by atoms with Gasteiger partial charge in [-0.1, -0.05) is 12.2 Å². The molecule has 0 radical (unpaired) electrons. The molecule has 0 bridgehead atoms. The Labute approximate surface area is 127 Å². The second kappa shape index (κ2) is 6.93. The number of hydrogen-bond donors (Lipinski definition) is 4. The number of nitriles is 1. The predicted molar refractivity (Wildman–Crippen MR) is 75.3 cm³/mol. The minimum atomic E-state index is -1.28. The van der Waals surface area contributed by atoms with E-state index in [9.17, 15) is 20.6 Å². The van der Waals surface area contributed by atoms with E-state index in [0.29, 0.717) is 13.2 Å². The lowest BCUT2D eigenvalue weighted by molar-refractivity contribution is -0.206. The first kappa shape index (κ1) is 16.5. The summed E-state index contributed by atoms with van der Waals surface area (Å²) in [4.78, 5) is 1.70. The zero-order chi connectivity index (χ0) is 15.6.